The van der Waals surface area contributed by atoms with Crippen molar-refractivity contribution in [3.63, 3.8) is 0 Å². The number of anilines is 1. The topological polar surface area (TPSA) is 15.3 Å². The molecule has 1 N–H and O–H groups in total. The fourth-order valence-electron chi connectivity index (χ4n) is 2.70. The zero-order valence-electron chi connectivity index (χ0n) is 15.1. The third-order valence-corrected chi connectivity index (χ3v) is 6.41. The molecule has 0 saturated heterocycles. The monoisotopic (exact) mass is 400 g/mol. The molecular weight excluding hydrogens is 376 g/mol. The number of rotatable bonds is 7. The van der Waals surface area contributed by atoms with E-state index >= 15 is 0 Å². The zero-order chi connectivity index (χ0) is 18.4. The van der Waals surface area contributed by atoms with Crippen molar-refractivity contribution in [1.29, 1.82) is 0 Å². The maximum Gasteiger partial charge on any atom is 0.173 e. The highest BCUT2D eigenvalue weighted by Crippen LogP contribution is 2.19. The Bertz CT molecular complexity index is 790. The molecule has 0 spiro atoms. The Balaban J connectivity index is 1.66. The SMILES string of the molecule is CC(C)c1ccc(NC(=S)N(CCc2cccs2)Cc2cccs2)cc1. The average Bonchev–Trinajstić information content (AvgIpc) is 3.32. The predicted octanol–water partition coefficient (Wildman–Crippen LogP) is 6.37. The normalized spacial score (nSPS) is 10.9. The first-order valence-electron chi connectivity index (χ1n) is 8.82. The molecule has 26 heavy (non-hydrogen) atoms. The Morgan fingerprint density at radius 2 is 1.65 bits per heavy atom. The van der Waals surface area contributed by atoms with Crippen molar-refractivity contribution in [2.75, 3.05) is 11.9 Å². The number of thiophene rings is 2. The van der Waals surface area contributed by atoms with E-state index in [2.05, 4.69) is 83.4 Å². The van der Waals surface area contributed by atoms with E-state index in [1.165, 1.54) is 15.3 Å². The number of nitrogens with zero attached hydrogens (tertiary/aromatic N) is 1. The fraction of sp³-hybridized carbons (Fsp3) is 0.286. The van der Waals surface area contributed by atoms with Crippen molar-refractivity contribution in [3.05, 3.63) is 74.6 Å². The standard InChI is InChI=1S/C21H24N2S3/c1-16(2)17-7-9-18(10-8-17)22-21(24)23(15-20-6-4-14-26-20)12-11-19-5-3-13-25-19/h3-10,13-14,16H,11-12,15H2,1-2H3,(H,22,24). The smallest absolute Gasteiger partial charge is 0.173 e. The number of thiocarbonyl (C=S) groups is 1. The minimum Gasteiger partial charge on any atom is -0.344 e. The Kier molecular flexibility index (Phi) is 6.83. The van der Waals surface area contributed by atoms with Crippen LogP contribution in [0.15, 0.2) is 59.3 Å². The van der Waals surface area contributed by atoms with E-state index in [1.807, 2.05) is 0 Å². The molecule has 2 aromatic heterocycles. The Morgan fingerprint density at radius 3 is 2.23 bits per heavy atom. The molecule has 0 saturated carbocycles. The van der Waals surface area contributed by atoms with Gasteiger partial charge in [-0.05, 0) is 65.1 Å². The van der Waals surface area contributed by atoms with Gasteiger partial charge in [-0.2, -0.15) is 0 Å². The molecule has 0 amide bonds. The molecule has 0 fully saturated rings. The lowest BCUT2D eigenvalue weighted by atomic mass is 10.0. The first-order chi connectivity index (χ1) is 12.6. The molecule has 3 rings (SSSR count). The van der Waals surface area contributed by atoms with Crippen molar-refractivity contribution in [2.45, 2.75) is 32.7 Å². The van der Waals surface area contributed by atoms with E-state index in [1.54, 1.807) is 22.7 Å². The molecule has 2 heterocycles. The van der Waals surface area contributed by atoms with Crippen LogP contribution in [0.25, 0.3) is 0 Å². The first kappa shape index (κ1) is 19.1. The summed E-state index contributed by atoms with van der Waals surface area (Å²) in [6.07, 6.45) is 1.01. The van der Waals surface area contributed by atoms with E-state index in [0.29, 0.717) is 5.92 Å². The summed E-state index contributed by atoms with van der Waals surface area (Å²) in [7, 11) is 0. The largest absolute Gasteiger partial charge is 0.344 e. The number of nitrogens with one attached hydrogen (secondary N) is 1. The van der Waals surface area contributed by atoms with E-state index < -0.39 is 0 Å². The van der Waals surface area contributed by atoms with Gasteiger partial charge in [-0.25, -0.2) is 0 Å². The molecule has 0 bridgehead atoms. The summed E-state index contributed by atoms with van der Waals surface area (Å²) in [5.74, 6) is 0.539. The average molecular weight is 401 g/mol. The second-order valence-electron chi connectivity index (χ2n) is 6.54. The fourth-order valence-corrected chi connectivity index (χ4v) is 4.39. The zero-order valence-corrected chi connectivity index (χ0v) is 17.6. The van der Waals surface area contributed by atoms with Crippen molar-refractivity contribution in [1.82, 2.24) is 4.90 Å². The molecule has 136 valence electrons. The Morgan fingerprint density at radius 1 is 1.00 bits per heavy atom. The van der Waals surface area contributed by atoms with Gasteiger partial charge in [0.25, 0.3) is 0 Å². The van der Waals surface area contributed by atoms with Crippen molar-refractivity contribution >= 4 is 45.7 Å². The van der Waals surface area contributed by atoms with Gasteiger partial charge in [0.2, 0.25) is 0 Å². The lowest BCUT2D eigenvalue weighted by Crippen LogP contribution is -2.35. The lowest BCUT2D eigenvalue weighted by molar-refractivity contribution is 0.428. The van der Waals surface area contributed by atoms with Crippen LogP contribution in [-0.2, 0) is 13.0 Å². The van der Waals surface area contributed by atoms with E-state index in [0.717, 1.165) is 30.3 Å². The number of hydrogen-bond donors (Lipinski definition) is 1. The minimum atomic E-state index is 0.539. The molecule has 0 atom stereocenters. The van der Waals surface area contributed by atoms with Crippen LogP contribution in [0, 0.1) is 0 Å². The van der Waals surface area contributed by atoms with Gasteiger partial charge < -0.3 is 10.2 Å². The third kappa shape index (κ3) is 5.40. The minimum absolute atomic E-state index is 0.539. The van der Waals surface area contributed by atoms with E-state index in [-0.39, 0.29) is 0 Å². The first-order valence-corrected chi connectivity index (χ1v) is 11.0. The van der Waals surface area contributed by atoms with Gasteiger partial charge in [-0.3, -0.25) is 0 Å². The summed E-state index contributed by atoms with van der Waals surface area (Å²) in [4.78, 5) is 4.98. The maximum atomic E-state index is 5.73. The summed E-state index contributed by atoms with van der Waals surface area (Å²) in [5, 5.41) is 8.45. The number of benzene rings is 1. The third-order valence-electron chi connectivity index (χ3n) is 4.25. The van der Waals surface area contributed by atoms with Crippen LogP contribution in [0.5, 0.6) is 0 Å². The van der Waals surface area contributed by atoms with Crippen LogP contribution in [0.3, 0.4) is 0 Å². The summed E-state index contributed by atoms with van der Waals surface area (Å²) in [6, 6.07) is 17.1. The highest BCUT2D eigenvalue weighted by Gasteiger charge is 2.12. The van der Waals surface area contributed by atoms with Gasteiger partial charge in [0.15, 0.2) is 5.11 Å². The highest BCUT2D eigenvalue weighted by atomic mass is 32.1. The van der Waals surface area contributed by atoms with Crippen LogP contribution in [0.2, 0.25) is 0 Å². The van der Waals surface area contributed by atoms with Crippen LogP contribution >= 0.6 is 34.9 Å². The molecule has 0 aliphatic rings. The van der Waals surface area contributed by atoms with Crippen LogP contribution in [0.4, 0.5) is 5.69 Å². The molecule has 0 aliphatic heterocycles. The van der Waals surface area contributed by atoms with E-state index in [9.17, 15) is 0 Å². The Hall–Kier alpha value is -1.69. The quantitative estimate of drug-likeness (QED) is 0.464. The van der Waals surface area contributed by atoms with Crippen molar-refractivity contribution < 1.29 is 0 Å². The Labute approximate surface area is 169 Å². The van der Waals surface area contributed by atoms with E-state index in [4.69, 9.17) is 12.2 Å². The van der Waals surface area contributed by atoms with Gasteiger partial charge in [-0.1, -0.05) is 38.1 Å². The van der Waals surface area contributed by atoms with Gasteiger partial charge in [0.05, 0.1) is 6.54 Å². The maximum absolute atomic E-state index is 5.73. The summed E-state index contributed by atoms with van der Waals surface area (Å²) in [5.41, 5.74) is 2.39. The molecule has 0 unspecified atom stereocenters. The molecule has 0 aliphatic carbocycles. The van der Waals surface area contributed by atoms with Crippen molar-refractivity contribution in [3.8, 4) is 0 Å². The molecular formula is C21H24N2S3. The number of hydrogen-bond acceptors (Lipinski definition) is 3. The molecule has 2 nitrogen and oxygen atoms in total. The van der Waals surface area contributed by atoms with Crippen molar-refractivity contribution in [2.24, 2.45) is 0 Å². The molecule has 0 radical (unpaired) electrons. The summed E-state index contributed by atoms with van der Waals surface area (Å²) >= 11 is 9.31. The predicted molar refractivity (Wildman–Crippen MR) is 120 cm³/mol. The van der Waals surface area contributed by atoms with Crippen LogP contribution in [-0.4, -0.2) is 16.6 Å². The van der Waals surface area contributed by atoms with Crippen LogP contribution in [0.1, 0.15) is 35.1 Å². The van der Waals surface area contributed by atoms with Gasteiger partial charge >= 0.3 is 0 Å². The van der Waals surface area contributed by atoms with Gasteiger partial charge in [0.1, 0.15) is 0 Å². The molecule has 1 aromatic carbocycles. The lowest BCUT2D eigenvalue weighted by Gasteiger charge is -2.25. The second-order valence-corrected chi connectivity index (χ2v) is 8.99. The summed E-state index contributed by atoms with van der Waals surface area (Å²) < 4.78 is 0. The van der Waals surface area contributed by atoms with Gasteiger partial charge in [0, 0.05) is 22.0 Å². The molecule has 5 heteroatoms. The second kappa shape index (κ2) is 9.31. The molecule has 3 aromatic rings. The summed E-state index contributed by atoms with van der Waals surface area (Å²) in [6.45, 7) is 6.17. The highest BCUT2D eigenvalue weighted by molar-refractivity contribution is 7.80. The van der Waals surface area contributed by atoms with Gasteiger partial charge in [-0.15, -0.1) is 22.7 Å². The van der Waals surface area contributed by atoms with Crippen LogP contribution < -0.4 is 5.32 Å².